The molecule has 37 heavy (non-hydrogen) atoms. The predicted molar refractivity (Wildman–Crippen MR) is 142 cm³/mol. The summed E-state index contributed by atoms with van der Waals surface area (Å²) in [4.78, 5) is 28.4. The third kappa shape index (κ3) is 14.9. The lowest BCUT2D eigenvalue weighted by molar-refractivity contribution is -0.146. The van der Waals surface area contributed by atoms with Gasteiger partial charge in [0.1, 0.15) is 13.2 Å². The molecule has 11 heteroatoms. The molecule has 0 heterocycles. The van der Waals surface area contributed by atoms with Gasteiger partial charge >= 0.3 is 11.9 Å². The molecule has 0 amide bonds. The Labute approximate surface area is 228 Å². The quantitative estimate of drug-likeness (QED) is 0.195. The molecule has 0 aliphatic rings. The topological polar surface area (TPSA) is 89.6 Å². The monoisotopic (exact) mass is 555 g/mol. The molecule has 0 fully saturated rings. The fourth-order valence-electron chi connectivity index (χ4n) is 3.40. The van der Waals surface area contributed by atoms with Crippen molar-refractivity contribution >= 4 is 35.7 Å². The van der Waals surface area contributed by atoms with E-state index in [-0.39, 0.29) is 44.8 Å². The number of benzene rings is 2. The van der Waals surface area contributed by atoms with Crippen LogP contribution < -0.4 is 5.32 Å². The predicted octanol–water partition coefficient (Wildman–Crippen LogP) is 3.01. The second-order valence-electron chi connectivity index (χ2n) is 8.21. The summed E-state index contributed by atoms with van der Waals surface area (Å²) in [5.41, 5.74) is 1.87. The molecule has 0 aliphatic heterocycles. The fourth-order valence-corrected chi connectivity index (χ4v) is 3.54. The lowest BCUT2D eigenvalue weighted by atomic mass is 10.2. The minimum atomic E-state index is -0.329. The molecular formula is C26H35Cl2N3O6. The van der Waals surface area contributed by atoms with Crippen LogP contribution in [0.15, 0.2) is 60.7 Å². The van der Waals surface area contributed by atoms with Gasteiger partial charge in [0.15, 0.2) is 0 Å². The minimum absolute atomic E-state index is 0.110. The smallest absolute Gasteiger partial charge is 0.320 e. The maximum Gasteiger partial charge on any atom is 0.320 e. The van der Waals surface area contributed by atoms with E-state index in [4.69, 9.17) is 37.5 Å². The third-order valence-corrected chi connectivity index (χ3v) is 5.72. The van der Waals surface area contributed by atoms with Crippen LogP contribution in [-0.2, 0) is 40.9 Å². The molecule has 0 atom stereocenters. The zero-order valence-corrected chi connectivity index (χ0v) is 22.4. The number of hydrogen-bond donors (Lipinski definition) is 1. The average Bonchev–Trinajstić information content (AvgIpc) is 2.93. The molecule has 0 bridgehead atoms. The van der Waals surface area contributed by atoms with E-state index in [9.17, 15) is 9.59 Å². The van der Waals surface area contributed by atoms with Gasteiger partial charge in [-0.15, -0.1) is 0 Å². The number of rotatable bonds is 20. The zero-order valence-electron chi connectivity index (χ0n) is 20.9. The molecule has 0 radical (unpaired) electrons. The summed E-state index contributed by atoms with van der Waals surface area (Å²) in [5, 5.41) is 3.10. The molecule has 0 spiro atoms. The van der Waals surface area contributed by atoms with Gasteiger partial charge in [-0.2, -0.15) is 0 Å². The van der Waals surface area contributed by atoms with Crippen LogP contribution in [0.3, 0.4) is 0 Å². The Morgan fingerprint density at radius 3 is 1.76 bits per heavy atom. The highest BCUT2D eigenvalue weighted by molar-refractivity contribution is 6.07. The van der Waals surface area contributed by atoms with Gasteiger partial charge in [-0.25, -0.2) is 0 Å². The van der Waals surface area contributed by atoms with Crippen LogP contribution >= 0.6 is 23.7 Å². The lowest BCUT2D eigenvalue weighted by Gasteiger charge is -2.26. The average molecular weight is 556 g/mol. The Kier molecular flexibility index (Phi) is 16.6. The summed E-state index contributed by atoms with van der Waals surface area (Å²) in [6.07, 6.45) is 0. The van der Waals surface area contributed by atoms with Crippen molar-refractivity contribution in [2.24, 2.45) is 0 Å². The van der Waals surface area contributed by atoms with E-state index in [1.54, 1.807) is 0 Å². The first-order chi connectivity index (χ1) is 18.1. The number of nitrogens with one attached hydrogen (secondary N) is 1. The summed E-state index contributed by atoms with van der Waals surface area (Å²) in [6, 6.07) is 19.0. The third-order valence-electron chi connectivity index (χ3n) is 5.41. The molecule has 204 valence electrons. The van der Waals surface area contributed by atoms with E-state index in [0.29, 0.717) is 45.9 Å². The van der Waals surface area contributed by atoms with Crippen LogP contribution in [0.2, 0.25) is 0 Å². The van der Waals surface area contributed by atoms with Crippen LogP contribution in [0, 0.1) is 0 Å². The Hall–Kier alpha value is -2.24. The van der Waals surface area contributed by atoms with Crippen LogP contribution in [0.5, 0.6) is 0 Å². The molecule has 2 aromatic carbocycles. The largest absolute Gasteiger partial charge is 0.460 e. The van der Waals surface area contributed by atoms with Gasteiger partial charge < -0.3 is 14.8 Å². The number of carbonyl (C=O) groups is 2. The van der Waals surface area contributed by atoms with Crippen LogP contribution in [0.4, 0.5) is 0 Å². The van der Waals surface area contributed by atoms with E-state index in [2.05, 4.69) is 14.5 Å². The summed E-state index contributed by atoms with van der Waals surface area (Å²) in [5.74, 6) is -0.648. The normalized spacial score (nSPS) is 11.1. The zero-order chi connectivity index (χ0) is 26.6. The number of hydrogen-bond acceptors (Lipinski definition) is 9. The van der Waals surface area contributed by atoms with Crippen molar-refractivity contribution in [3.05, 3.63) is 71.8 Å². The lowest BCUT2D eigenvalue weighted by Crippen LogP contribution is -2.43. The number of esters is 2. The van der Waals surface area contributed by atoms with Crippen LogP contribution in [0.25, 0.3) is 0 Å². The second-order valence-corrected chi connectivity index (χ2v) is 8.65. The number of halogens is 2. The number of nitrogens with zero attached hydrogens (tertiary/aromatic N) is 2. The molecule has 1 N–H and O–H groups in total. The summed E-state index contributed by atoms with van der Waals surface area (Å²) in [7, 11) is 0. The maximum atomic E-state index is 12.4. The first kappa shape index (κ1) is 31.0. The van der Waals surface area contributed by atoms with Gasteiger partial charge in [0.25, 0.3) is 0 Å². The molecule has 0 unspecified atom stereocenters. The first-order valence-corrected chi connectivity index (χ1v) is 12.7. The first-order valence-electron chi connectivity index (χ1n) is 12.1. The Balaban J connectivity index is 1.72. The van der Waals surface area contributed by atoms with E-state index < -0.39 is 0 Å². The number of ether oxygens (including phenoxy) is 2. The van der Waals surface area contributed by atoms with Crippen molar-refractivity contribution in [3.8, 4) is 0 Å². The highest BCUT2D eigenvalue weighted by Gasteiger charge is 2.15. The Morgan fingerprint density at radius 1 is 0.676 bits per heavy atom. The van der Waals surface area contributed by atoms with Crippen LogP contribution in [-0.4, -0.2) is 87.3 Å². The van der Waals surface area contributed by atoms with Gasteiger partial charge in [-0.3, -0.25) is 28.0 Å². The van der Waals surface area contributed by atoms with E-state index in [1.807, 2.05) is 65.6 Å². The van der Waals surface area contributed by atoms with Crippen molar-refractivity contribution in [2.45, 2.75) is 13.2 Å². The van der Waals surface area contributed by atoms with Crippen molar-refractivity contribution in [3.63, 3.8) is 0 Å². The highest BCUT2D eigenvalue weighted by Crippen LogP contribution is 2.03. The summed E-state index contributed by atoms with van der Waals surface area (Å²) >= 11 is 10.8. The molecule has 0 saturated carbocycles. The molecule has 2 aromatic rings. The standard InChI is InChI=1S/C26H35Cl2N3O6/c27-36-17-15-30(12-11-29-19-25(32)34-21-23-7-3-1-4-8-23)13-14-31(16-18-37-28)20-26(33)35-22-24-9-5-2-6-10-24/h1-10,29H,11-22H2. The van der Waals surface area contributed by atoms with E-state index >= 15 is 0 Å². The second kappa shape index (κ2) is 19.8. The van der Waals surface area contributed by atoms with Crippen molar-refractivity contribution in [2.75, 3.05) is 65.6 Å². The van der Waals surface area contributed by atoms with E-state index in [1.165, 1.54) is 0 Å². The van der Waals surface area contributed by atoms with Crippen molar-refractivity contribution in [1.29, 1.82) is 0 Å². The molecule has 0 saturated heterocycles. The maximum absolute atomic E-state index is 12.4. The fraction of sp³-hybridized carbons (Fsp3) is 0.462. The minimum Gasteiger partial charge on any atom is -0.460 e. The van der Waals surface area contributed by atoms with Crippen molar-refractivity contribution in [1.82, 2.24) is 15.1 Å². The van der Waals surface area contributed by atoms with Gasteiger partial charge in [-0.05, 0) is 11.1 Å². The molecular weight excluding hydrogens is 521 g/mol. The van der Waals surface area contributed by atoms with Gasteiger partial charge in [0.2, 0.25) is 0 Å². The van der Waals surface area contributed by atoms with Gasteiger partial charge in [0.05, 0.1) is 50.0 Å². The molecule has 0 aliphatic carbocycles. The van der Waals surface area contributed by atoms with Crippen LogP contribution in [0.1, 0.15) is 11.1 Å². The van der Waals surface area contributed by atoms with Gasteiger partial charge in [0, 0.05) is 39.3 Å². The molecule has 9 nitrogen and oxygen atoms in total. The number of carbonyl (C=O) groups excluding carboxylic acids is 2. The Morgan fingerprint density at radius 2 is 1.19 bits per heavy atom. The van der Waals surface area contributed by atoms with Crippen molar-refractivity contribution < 1.29 is 27.6 Å². The summed E-state index contributed by atoms with van der Waals surface area (Å²) < 4.78 is 20.1. The highest BCUT2D eigenvalue weighted by atomic mass is 35.5. The molecule has 0 aromatic heterocycles. The van der Waals surface area contributed by atoms with Gasteiger partial charge in [-0.1, -0.05) is 60.7 Å². The molecule has 2 rings (SSSR count). The summed E-state index contributed by atoms with van der Waals surface area (Å²) in [6.45, 7) is 4.76. The Bertz CT molecular complexity index is 879. The van der Waals surface area contributed by atoms with E-state index in [0.717, 1.165) is 11.1 Å². The SMILES string of the molecule is O=C(CNCCN(CCOCl)CCN(CCOCl)CC(=O)OCc1ccccc1)OCc1ccccc1.